The van der Waals surface area contributed by atoms with E-state index in [9.17, 15) is 9.59 Å². The number of cyclic esters (lactones) is 1. The lowest BCUT2D eigenvalue weighted by Crippen LogP contribution is -2.37. The molecular weight excluding hydrogens is 184 g/mol. The molecule has 0 bridgehead atoms. The van der Waals surface area contributed by atoms with Crippen LogP contribution < -0.4 is 0 Å². The zero-order chi connectivity index (χ0) is 10.8. The third-order valence-electron chi connectivity index (χ3n) is 2.58. The molecule has 0 radical (unpaired) electrons. The number of rotatable bonds is 3. The summed E-state index contributed by atoms with van der Waals surface area (Å²) in [7, 11) is 0. The lowest BCUT2D eigenvalue weighted by molar-refractivity contribution is -0.173. The van der Waals surface area contributed by atoms with Crippen molar-refractivity contribution < 1.29 is 19.1 Å². The first-order chi connectivity index (χ1) is 6.49. The van der Waals surface area contributed by atoms with E-state index in [-0.39, 0.29) is 11.9 Å². The minimum atomic E-state index is -1.06. The van der Waals surface area contributed by atoms with Crippen molar-refractivity contribution in [3.8, 4) is 0 Å². The average molecular weight is 200 g/mol. The van der Waals surface area contributed by atoms with Gasteiger partial charge in [0.2, 0.25) is 5.60 Å². The van der Waals surface area contributed by atoms with E-state index in [2.05, 4.69) is 0 Å². The van der Waals surface area contributed by atoms with Crippen LogP contribution in [0, 0.1) is 5.92 Å². The number of carbonyl (C=O) groups is 2. The minimum Gasteiger partial charge on any atom is -0.463 e. The van der Waals surface area contributed by atoms with Gasteiger partial charge < -0.3 is 9.47 Å². The third kappa shape index (κ3) is 2.05. The van der Waals surface area contributed by atoms with Crippen LogP contribution in [0.5, 0.6) is 0 Å². The molecule has 0 N–H and O–H groups in total. The highest BCUT2D eigenvalue weighted by molar-refractivity contribution is 5.84. The largest absolute Gasteiger partial charge is 0.463 e. The molecule has 2 atom stereocenters. The quantitative estimate of drug-likeness (QED) is 0.644. The Morgan fingerprint density at radius 2 is 2.36 bits per heavy atom. The summed E-state index contributed by atoms with van der Waals surface area (Å²) in [4.78, 5) is 22.7. The second-order valence-corrected chi connectivity index (χ2v) is 3.85. The first kappa shape index (κ1) is 11.0. The van der Waals surface area contributed by atoms with Crippen LogP contribution in [-0.4, -0.2) is 24.1 Å². The van der Waals surface area contributed by atoms with Gasteiger partial charge in [-0.25, -0.2) is 4.79 Å². The normalized spacial score (nSPS) is 28.4. The van der Waals surface area contributed by atoms with Crippen LogP contribution in [0.25, 0.3) is 0 Å². The summed E-state index contributed by atoms with van der Waals surface area (Å²) in [5, 5.41) is 0. The summed E-state index contributed by atoms with van der Waals surface area (Å²) in [6, 6.07) is 0. The van der Waals surface area contributed by atoms with Gasteiger partial charge in [-0.1, -0.05) is 13.8 Å². The van der Waals surface area contributed by atoms with Crippen LogP contribution in [0.4, 0.5) is 0 Å². The van der Waals surface area contributed by atoms with Crippen LogP contribution in [0.2, 0.25) is 0 Å². The molecule has 4 nitrogen and oxygen atoms in total. The highest BCUT2D eigenvalue weighted by Crippen LogP contribution is 2.25. The molecule has 1 saturated heterocycles. The first-order valence-corrected chi connectivity index (χ1v) is 4.89. The molecule has 0 saturated carbocycles. The molecular formula is C10H16O4. The number of ether oxygens (including phenoxy) is 2. The van der Waals surface area contributed by atoms with Gasteiger partial charge >= 0.3 is 11.9 Å². The molecule has 1 heterocycles. The highest BCUT2D eigenvalue weighted by Gasteiger charge is 2.44. The molecule has 4 heteroatoms. The fourth-order valence-corrected chi connectivity index (χ4v) is 1.18. The van der Waals surface area contributed by atoms with Crippen molar-refractivity contribution in [2.75, 3.05) is 6.61 Å². The molecule has 0 aliphatic carbocycles. The zero-order valence-corrected chi connectivity index (χ0v) is 8.83. The Balaban J connectivity index is 2.59. The summed E-state index contributed by atoms with van der Waals surface area (Å²) in [6.45, 7) is 5.62. The molecule has 0 aromatic rings. The summed E-state index contributed by atoms with van der Waals surface area (Å²) >= 11 is 0. The monoisotopic (exact) mass is 200 g/mol. The number of esters is 2. The highest BCUT2D eigenvalue weighted by atomic mass is 16.6. The van der Waals surface area contributed by atoms with Crippen molar-refractivity contribution in [3.05, 3.63) is 0 Å². The van der Waals surface area contributed by atoms with Gasteiger partial charge in [-0.2, -0.15) is 0 Å². The Labute approximate surface area is 83.6 Å². The van der Waals surface area contributed by atoms with Gasteiger partial charge in [0.25, 0.3) is 0 Å². The predicted octanol–water partition coefficient (Wildman–Crippen LogP) is 1.28. The maximum absolute atomic E-state index is 11.5. The van der Waals surface area contributed by atoms with Gasteiger partial charge in [-0.05, 0) is 13.3 Å². The van der Waals surface area contributed by atoms with Gasteiger partial charge in [0.15, 0.2) is 0 Å². The smallest absolute Gasteiger partial charge is 0.350 e. The maximum atomic E-state index is 11.5. The molecule has 1 fully saturated rings. The number of hydrogen-bond donors (Lipinski definition) is 0. The van der Waals surface area contributed by atoms with Crippen molar-refractivity contribution in [1.82, 2.24) is 0 Å². The maximum Gasteiger partial charge on any atom is 0.350 e. The topological polar surface area (TPSA) is 52.6 Å². The molecule has 0 aromatic heterocycles. The van der Waals surface area contributed by atoms with E-state index in [0.29, 0.717) is 19.4 Å². The van der Waals surface area contributed by atoms with Gasteiger partial charge in [0.1, 0.15) is 0 Å². The van der Waals surface area contributed by atoms with E-state index in [1.165, 1.54) is 0 Å². The minimum absolute atomic E-state index is 0.166. The van der Waals surface area contributed by atoms with Crippen LogP contribution >= 0.6 is 0 Å². The van der Waals surface area contributed by atoms with Crippen molar-refractivity contribution in [3.63, 3.8) is 0 Å². The Morgan fingerprint density at radius 3 is 2.79 bits per heavy atom. The summed E-state index contributed by atoms with van der Waals surface area (Å²) in [6.07, 6.45) is 1.16. The van der Waals surface area contributed by atoms with Gasteiger partial charge in [0, 0.05) is 6.42 Å². The van der Waals surface area contributed by atoms with Gasteiger partial charge in [0.05, 0.1) is 12.5 Å². The lowest BCUT2D eigenvalue weighted by Gasteiger charge is -2.21. The molecule has 0 aromatic carbocycles. The third-order valence-corrected chi connectivity index (χ3v) is 2.58. The Morgan fingerprint density at radius 1 is 1.71 bits per heavy atom. The Kier molecular flexibility index (Phi) is 3.13. The summed E-state index contributed by atoms with van der Waals surface area (Å²) < 4.78 is 9.92. The lowest BCUT2D eigenvalue weighted by atomic mass is 10.0. The predicted molar refractivity (Wildman–Crippen MR) is 49.5 cm³/mol. The van der Waals surface area contributed by atoms with Crippen molar-refractivity contribution >= 4 is 11.9 Å². The van der Waals surface area contributed by atoms with E-state index < -0.39 is 11.6 Å². The average Bonchev–Trinajstić information content (AvgIpc) is 2.45. The second-order valence-electron chi connectivity index (χ2n) is 3.85. The summed E-state index contributed by atoms with van der Waals surface area (Å²) in [5.74, 6) is -0.928. The first-order valence-electron chi connectivity index (χ1n) is 4.89. The number of hydrogen-bond acceptors (Lipinski definition) is 4. The molecule has 1 aliphatic rings. The van der Waals surface area contributed by atoms with E-state index >= 15 is 0 Å². The molecule has 1 aliphatic heterocycles. The van der Waals surface area contributed by atoms with Crippen molar-refractivity contribution in [2.24, 2.45) is 5.92 Å². The van der Waals surface area contributed by atoms with Crippen LogP contribution in [0.15, 0.2) is 0 Å². The van der Waals surface area contributed by atoms with Crippen LogP contribution in [0.3, 0.4) is 0 Å². The second kappa shape index (κ2) is 3.98. The Hall–Kier alpha value is -1.06. The standard InChI is InChI=1S/C10H16O4/c1-4-7(2)8(11)14-10(3)5-6-13-9(10)12/h7H,4-6H2,1-3H3. The van der Waals surface area contributed by atoms with Crippen molar-refractivity contribution in [1.29, 1.82) is 0 Å². The van der Waals surface area contributed by atoms with E-state index in [1.807, 2.05) is 6.92 Å². The van der Waals surface area contributed by atoms with E-state index in [4.69, 9.17) is 9.47 Å². The molecule has 0 amide bonds. The fraction of sp³-hybridized carbons (Fsp3) is 0.800. The zero-order valence-electron chi connectivity index (χ0n) is 8.83. The number of carbonyl (C=O) groups excluding carboxylic acids is 2. The fourth-order valence-electron chi connectivity index (χ4n) is 1.18. The molecule has 2 unspecified atom stereocenters. The van der Waals surface area contributed by atoms with Crippen LogP contribution in [-0.2, 0) is 19.1 Å². The SMILES string of the molecule is CCC(C)C(=O)OC1(C)CCOC1=O. The van der Waals surface area contributed by atoms with Crippen LogP contribution in [0.1, 0.15) is 33.6 Å². The van der Waals surface area contributed by atoms with Gasteiger partial charge in [-0.15, -0.1) is 0 Å². The van der Waals surface area contributed by atoms with Gasteiger partial charge in [-0.3, -0.25) is 4.79 Å². The summed E-state index contributed by atoms with van der Waals surface area (Å²) in [5.41, 5.74) is -1.06. The van der Waals surface area contributed by atoms with Crippen molar-refractivity contribution in [2.45, 2.75) is 39.2 Å². The molecule has 14 heavy (non-hydrogen) atoms. The van der Waals surface area contributed by atoms with E-state index in [0.717, 1.165) is 0 Å². The molecule has 0 spiro atoms. The van der Waals surface area contributed by atoms with E-state index in [1.54, 1.807) is 13.8 Å². The Bertz CT molecular complexity index is 249. The molecule has 1 rings (SSSR count). The molecule has 80 valence electrons.